The molecule has 1 heterocycles. The number of H-pyrrole nitrogens is 1. The Kier molecular flexibility index (Phi) is 6.10. The third kappa shape index (κ3) is 4.08. The van der Waals surface area contributed by atoms with Gasteiger partial charge >= 0.3 is 0 Å². The lowest BCUT2D eigenvalue weighted by molar-refractivity contribution is 0.102. The van der Waals surface area contributed by atoms with Crippen LogP contribution in [0.4, 0.5) is 0 Å². The van der Waals surface area contributed by atoms with Crippen molar-refractivity contribution in [1.82, 2.24) is 15.2 Å². The SMILES string of the molecule is COc1ccc(Cl)cc1-c1nc(SCC(=O)c2c(C)cc(C)c(C)c2C)n[nH]1. The summed E-state index contributed by atoms with van der Waals surface area (Å²) in [7, 11) is 1.59. The summed E-state index contributed by atoms with van der Waals surface area (Å²) in [5, 5.41) is 8.20. The number of ketones is 1. The van der Waals surface area contributed by atoms with Gasteiger partial charge in [-0.25, -0.2) is 4.98 Å². The van der Waals surface area contributed by atoms with E-state index >= 15 is 0 Å². The number of Topliss-reactive ketones (excluding diaryl/α,β-unsaturated/α-hetero) is 1. The Bertz CT molecular complexity index is 1050. The Hall–Kier alpha value is -2.31. The summed E-state index contributed by atoms with van der Waals surface area (Å²) in [6.07, 6.45) is 0. The Morgan fingerprint density at radius 1 is 1.14 bits per heavy atom. The van der Waals surface area contributed by atoms with Crippen LogP contribution in [0.5, 0.6) is 5.75 Å². The van der Waals surface area contributed by atoms with Crippen LogP contribution < -0.4 is 4.74 Å². The summed E-state index contributed by atoms with van der Waals surface area (Å²) in [6.45, 7) is 8.10. The molecule has 1 N–H and O–H groups in total. The summed E-state index contributed by atoms with van der Waals surface area (Å²) in [6, 6.07) is 7.36. The van der Waals surface area contributed by atoms with Crippen molar-refractivity contribution in [2.75, 3.05) is 12.9 Å². The predicted octanol–water partition coefficient (Wildman–Crippen LogP) is 5.34. The summed E-state index contributed by atoms with van der Waals surface area (Å²) in [5.41, 5.74) is 5.93. The Morgan fingerprint density at radius 3 is 2.61 bits per heavy atom. The van der Waals surface area contributed by atoms with Gasteiger partial charge in [0, 0.05) is 10.6 Å². The molecule has 1 aromatic heterocycles. The zero-order valence-electron chi connectivity index (χ0n) is 16.5. The zero-order valence-corrected chi connectivity index (χ0v) is 18.1. The fourth-order valence-electron chi connectivity index (χ4n) is 3.21. The Labute approximate surface area is 173 Å². The van der Waals surface area contributed by atoms with Crippen LogP contribution in [0.2, 0.25) is 5.02 Å². The van der Waals surface area contributed by atoms with Gasteiger partial charge in [-0.3, -0.25) is 9.89 Å². The number of ether oxygens (including phenoxy) is 1. The van der Waals surface area contributed by atoms with Gasteiger partial charge in [0.2, 0.25) is 5.16 Å². The number of hydrogen-bond acceptors (Lipinski definition) is 5. The Balaban J connectivity index is 1.78. The number of halogens is 1. The van der Waals surface area contributed by atoms with E-state index in [9.17, 15) is 4.79 Å². The zero-order chi connectivity index (χ0) is 20.4. The number of nitrogens with one attached hydrogen (secondary N) is 1. The van der Waals surface area contributed by atoms with Crippen molar-refractivity contribution in [3.8, 4) is 17.1 Å². The fraction of sp³-hybridized carbons (Fsp3) is 0.286. The number of thioether (sulfide) groups is 1. The lowest BCUT2D eigenvalue weighted by Gasteiger charge is -2.13. The van der Waals surface area contributed by atoms with Gasteiger partial charge in [-0.15, -0.1) is 5.10 Å². The number of carbonyl (C=O) groups is 1. The van der Waals surface area contributed by atoms with Gasteiger partial charge in [-0.2, -0.15) is 0 Å². The molecular weight excluding hydrogens is 394 g/mol. The molecule has 0 fully saturated rings. The molecular formula is C21H22ClN3O2S. The van der Waals surface area contributed by atoms with Gasteiger partial charge in [0.05, 0.1) is 18.4 Å². The smallest absolute Gasteiger partial charge is 0.209 e. The predicted molar refractivity (Wildman–Crippen MR) is 114 cm³/mol. The second kappa shape index (κ2) is 8.37. The second-order valence-electron chi connectivity index (χ2n) is 6.66. The highest BCUT2D eigenvalue weighted by molar-refractivity contribution is 7.99. The van der Waals surface area contributed by atoms with Gasteiger partial charge in [0.1, 0.15) is 5.75 Å². The monoisotopic (exact) mass is 415 g/mol. The lowest BCUT2D eigenvalue weighted by atomic mass is 9.92. The number of benzene rings is 2. The molecule has 0 aliphatic rings. The van der Waals surface area contributed by atoms with E-state index in [0.29, 0.717) is 21.8 Å². The fourth-order valence-corrected chi connectivity index (χ4v) is 4.05. The van der Waals surface area contributed by atoms with Crippen LogP contribution in [-0.4, -0.2) is 33.8 Å². The summed E-state index contributed by atoms with van der Waals surface area (Å²) >= 11 is 7.39. The molecule has 0 aliphatic carbocycles. The van der Waals surface area contributed by atoms with Crippen molar-refractivity contribution in [1.29, 1.82) is 0 Å². The number of nitrogens with zero attached hydrogens (tertiary/aromatic N) is 2. The average Bonchev–Trinajstić information content (AvgIpc) is 3.13. The number of hydrogen-bond donors (Lipinski definition) is 1. The molecule has 0 radical (unpaired) electrons. The van der Waals surface area contributed by atoms with Crippen molar-refractivity contribution in [2.45, 2.75) is 32.9 Å². The van der Waals surface area contributed by atoms with Crippen LogP contribution in [-0.2, 0) is 0 Å². The van der Waals surface area contributed by atoms with E-state index in [4.69, 9.17) is 16.3 Å². The molecule has 3 aromatic rings. The van der Waals surface area contributed by atoms with Crippen LogP contribution in [0.1, 0.15) is 32.6 Å². The molecule has 28 heavy (non-hydrogen) atoms. The molecule has 2 aromatic carbocycles. The standard InChI is InChI=1S/C21H22ClN3O2S/c1-11-8-12(2)19(14(4)13(11)3)17(26)10-28-21-23-20(24-25-21)16-9-15(22)6-7-18(16)27-5/h6-9H,10H2,1-5H3,(H,23,24,25). The number of aryl methyl sites for hydroxylation is 2. The van der Waals surface area contributed by atoms with E-state index in [1.807, 2.05) is 20.8 Å². The first-order chi connectivity index (χ1) is 13.3. The number of carbonyl (C=O) groups excluding carboxylic acids is 1. The molecule has 0 saturated heterocycles. The van der Waals surface area contributed by atoms with Gasteiger partial charge in [-0.1, -0.05) is 29.4 Å². The highest BCUT2D eigenvalue weighted by atomic mass is 35.5. The minimum atomic E-state index is 0.0785. The Morgan fingerprint density at radius 2 is 1.89 bits per heavy atom. The van der Waals surface area contributed by atoms with Crippen LogP contribution >= 0.6 is 23.4 Å². The van der Waals surface area contributed by atoms with Crippen molar-refractivity contribution >= 4 is 29.1 Å². The first kappa shape index (κ1) is 20.4. The molecule has 0 bridgehead atoms. The van der Waals surface area contributed by atoms with Gasteiger partial charge < -0.3 is 4.74 Å². The maximum Gasteiger partial charge on any atom is 0.209 e. The van der Waals surface area contributed by atoms with Crippen LogP contribution in [0.3, 0.4) is 0 Å². The molecule has 0 saturated carbocycles. The number of methoxy groups -OCH3 is 1. The number of rotatable bonds is 6. The van der Waals surface area contributed by atoms with Crippen molar-refractivity contribution in [3.63, 3.8) is 0 Å². The molecule has 0 aliphatic heterocycles. The minimum absolute atomic E-state index is 0.0785. The quantitative estimate of drug-likeness (QED) is 0.434. The maximum absolute atomic E-state index is 12.8. The molecule has 0 amide bonds. The van der Waals surface area contributed by atoms with E-state index in [2.05, 4.69) is 28.2 Å². The molecule has 0 spiro atoms. The van der Waals surface area contributed by atoms with E-state index in [1.165, 1.54) is 17.3 Å². The van der Waals surface area contributed by atoms with E-state index in [0.717, 1.165) is 27.8 Å². The molecule has 7 heteroatoms. The van der Waals surface area contributed by atoms with E-state index in [-0.39, 0.29) is 11.5 Å². The third-order valence-corrected chi connectivity index (χ3v) is 5.93. The van der Waals surface area contributed by atoms with Crippen molar-refractivity contribution in [2.24, 2.45) is 0 Å². The van der Waals surface area contributed by atoms with Gasteiger partial charge in [0.25, 0.3) is 0 Å². The first-order valence-electron chi connectivity index (χ1n) is 8.81. The summed E-state index contributed by atoms with van der Waals surface area (Å²) < 4.78 is 5.36. The van der Waals surface area contributed by atoms with Crippen molar-refractivity contribution < 1.29 is 9.53 Å². The summed E-state index contributed by atoms with van der Waals surface area (Å²) in [4.78, 5) is 17.3. The molecule has 3 rings (SSSR count). The van der Waals surface area contributed by atoms with Crippen molar-refractivity contribution in [3.05, 3.63) is 57.1 Å². The van der Waals surface area contributed by atoms with Crippen LogP contribution in [0, 0.1) is 27.7 Å². The molecule has 5 nitrogen and oxygen atoms in total. The van der Waals surface area contributed by atoms with Crippen LogP contribution in [0.15, 0.2) is 29.4 Å². The highest BCUT2D eigenvalue weighted by Gasteiger charge is 2.17. The molecule has 0 atom stereocenters. The van der Waals surface area contributed by atoms with Crippen LogP contribution in [0.25, 0.3) is 11.4 Å². The number of aromatic nitrogens is 3. The van der Waals surface area contributed by atoms with Gasteiger partial charge in [0.15, 0.2) is 11.6 Å². The third-order valence-electron chi connectivity index (χ3n) is 4.85. The van der Waals surface area contributed by atoms with E-state index < -0.39 is 0 Å². The second-order valence-corrected chi connectivity index (χ2v) is 8.04. The maximum atomic E-state index is 12.8. The summed E-state index contributed by atoms with van der Waals surface area (Å²) in [5.74, 6) is 1.55. The molecule has 0 unspecified atom stereocenters. The van der Waals surface area contributed by atoms with E-state index in [1.54, 1.807) is 25.3 Å². The lowest BCUT2D eigenvalue weighted by Crippen LogP contribution is -2.09. The van der Waals surface area contributed by atoms with Gasteiger partial charge in [-0.05, 0) is 68.1 Å². The minimum Gasteiger partial charge on any atom is -0.496 e. The molecule has 146 valence electrons. The largest absolute Gasteiger partial charge is 0.496 e. The first-order valence-corrected chi connectivity index (χ1v) is 10.2. The normalized spacial score (nSPS) is 10.9. The topological polar surface area (TPSA) is 67.9 Å². The number of aromatic amines is 1. The highest BCUT2D eigenvalue weighted by Crippen LogP contribution is 2.31. The average molecular weight is 416 g/mol.